The van der Waals surface area contributed by atoms with Crippen molar-refractivity contribution >= 4 is 16.9 Å². The topological polar surface area (TPSA) is 12.0 Å². The third-order valence-corrected chi connectivity index (χ3v) is 6.60. The fourth-order valence-electron chi connectivity index (χ4n) is 3.66. The Morgan fingerprint density at radius 2 is 1.90 bits per heavy atom. The van der Waals surface area contributed by atoms with Crippen molar-refractivity contribution in [3.05, 3.63) is 86.8 Å². The SMILES string of the molecule is C=C(/C=C\C(=C/C)c1c(C(F)(F)F)sc2c1CCCC2)NCc1ccccc1C. The summed E-state index contributed by atoms with van der Waals surface area (Å²) in [6.45, 7) is 8.46. The minimum Gasteiger partial charge on any atom is -0.381 e. The highest BCUT2D eigenvalue weighted by Gasteiger charge is 2.38. The maximum absolute atomic E-state index is 13.7. The highest BCUT2D eigenvalue weighted by Crippen LogP contribution is 2.46. The van der Waals surface area contributed by atoms with E-state index < -0.39 is 11.1 Å². The van der Waals surface area contributed by atoms with Crippen LogP contribution in [0.15, 0.2) is 54.8 Å². The molecule has 0 unspecified atom stereocenters. The van der Waals surface area contributed by atoms with E-state index in [-0.39, 0.29) is 0 Å². The maximum atomic E-state index is 13.7. The molecule has 1 aromatic heterocycles. The molecule has 0 aliphatic heterocycles. The summed E-state index contributed by atoms with van der Waals surface area (Å²) in [6.07, 6.45) is 4.31. The van der Waals surface area contributed by atoms with Crippen LogP contribution in [0.1, 0.15) is 51.8 Å². The van der Waals surface area contributed by atoms with Crippen molar-refractivity contribution in [2.24, 2.45) is 0 Å². The summed E-state index contributed by atoms with van der Waals surface area (Å²) in [5.41, 5.74) is 4.87. The van der Waals surface area contributed by atoms with E-state index in [1.54, 1.807) is 25.2 Å². The van der Waals surface area contributed by atoms with Gasteiger partial charge >= 0.3 is 6.18 Å². The lowest BCUT2D eigenvalue weighted by Crippen LogP contribution is -2.11. The van der Waals surface area contributed by atoms with Crippen LogP contribution in [0.25, 0.3) is 5.57 Å². The molecule has 0 atom stereocenters. The predicted octanol–water partition coefficient (Wildman–Crippen LogP) is 7.22. The molecule has 1 aliphatic rings. The first-order valence-corrected chi connectivity index (χ1v) is 10.7. The van der Waals surface area contributed by atoms with Crippen molar-refractivity contribution in [3.8, 4) is 0 Å². The zero-order valence-electron chi connectivity index (χ0n) is 16.8. The molecule has 1 aliphatic carbocycles. The molecule has 3 rings (SSSR count). The highest BCUT2D eigenvalue weighted by atomic mass is 32.1. The van der Waals surface area contributed by atoms with Gasteiger partial charge in [-0.2, -0.15) is 13.2 Å². The molecule has 2 aromatic rings. The minimum absolute atomic E-state index is 0.364. The Kier molecular flexibility index (Phi) is 6.68. The average molecular weight is 418 g/mol. The maximum Gasteiger partial charge on any atom is 0.426 e. The Morgan fingerprint density at radius 1 is 1.17 bits per heavy atom. The van der Waals surface area contributed by atoms with Crippen LogP contribution in [0.4, 0.5) is 13.2 Å². The van der Waals surface area contributed by atoms with E-state index in [9.17, 15) is 13.2 Å². The van der Waals surface area contributed by atoms with E-state index >= 15 is 0 Å². The second kappa shape index (κ2) is 9.04. The lowest BCUT2D eigenvalue weighted by molar-refractivity contribution is -0.134. The Morgan fingerprint density at radius 3 is 2.59 bits per heavy atom. The van der Waals surface area contributed by atoms with Gasteiger partial charge in [0.05, 0.1) is 0 Å². The van der Waals surface area contributed by atoms with E-state index in [2.05, 4.69) is 11.9 Å². The van der Waals surface area contributed by atoms with Crippen LogP contribution >= 0.6 is 11.3 Å². The number of allylic oxidation sites excluding steroid dienone is 4. The lowest BCUT2D eigenvalue weighted by Gasteiger charge is -2.15. The van der Waals surface area contributed by atoms with E-state index in [0.29, 0.717) is 23.4 Å². The first-order chi connectivity index (χ1) is 13.8. The summed E-state index contributed by atoms with van der Waals surface area (Å²) < 4.78 is 41.1. The fourth-order valence-corrected chi connectivity index (χ4v) is 4.94. The number of alkyl halides is 3. The first-order valence-electron chi connectivity index (χ1n) is 9.85. The standard InChI is InChI=1S/C24H26F3NS/c1-4-18(14-13-17(3)28-15-19-10-6-5-9-16(19)2)22-20-11-7-8-12-21(20)29-23(22)24(25,26)27/h4-6,9-10,13-14,28H,3,7-8,11-12,15H2,1-2H3/b14-13-,18-4+. The molecule has 0 fully saturated rings. The van der Waals surface area contributed by atoms with E-state index in [1.165, 1.54) is 11.1 Å². The molecule has 0 bridgehead atoms. The van der Waals surface area contributed by atoms with Gasteiger partial charge in [0.2, 0.25) is 0 Å². The van der Waals surface area contributed by atoms with Crippen molar-refractivity contribution in [2.45, 2.75) is 52.3 Å². The zero-order valence-corrected chi connectivity index (χ0v) is 17.6. The molecule has 154 valence electrons. The molecule has 1 nitrogen and oxygen atoms in total. The molecule has 5 heteroatoms. The van der Waals surface area contributed by atoms with E-state index in [4.69, 9.17) is 0 Å². The van der Waals surface area contributed by atoms with E-state index in [0.717, 1.165) is 47.5 Å². The molecule has 1 heterocycles. The van der Waals surface area contributed by atoms with Gasteiger partial charge < -0.3 is 5.32 Å². The van der Waals surface area contributed by atoms with Gasteiger partial charge in [-0.05, 0) is 67.9 Å². The predicted molar refractivity (Wildman–Crippen MR) is 116 cm³/mol. The van der Waals surface area contributed by atoms with Gasteiger partial charge in [-0.3, -0.25) is 0 Å². The van der Waals surface area contributed by atoms with Crippen LogP contribution < -0.4 is 5.32 Å². The number of nitrogens with one attached hydrogen (secondary N) is 1. The van der Waals surface area contributed by atoms with Gasteiger partial charge in [0.25, 0.3) is 0 Å². The number of hydrogen-bond donors (Lipinski definition) is 1. The van der Waals surface area contributed by atoms with Crippen molar-refractivity contribution in [1.29, 1.82) is 0 Å². The second-order valence-corrected chi connectivity index (χ2v) is 8.40. The number of rotatable bonds is 6. The van der Waals surface area contributed by atoms with E-state index in [1.807, 2.05) is 31.2 Å². The Labute approximate surface area is 174 Å². The molecule has 0 spiro atoms. The molecule has 0 amide bonds. The highest BCUT2D eigenvalue weighted by molar-refractivity contribution is 7.12. The summed E-state index contributed by atoms with van der Waals surface area (Å²) in [6, 6.07) is 8.07. The molecule has 1 aromatic carbocycles. The summed E-state index contributed by atoms with van der Waals surface area (Å²) in [5.74, 6) is 0. The Balaban J connectivity index is 1.80. The third-order valence-electron chi connectivity index (χ3n) is 5.26. The van der Waals surface area contributed by atoms with Gasteiger partial charge in [0.1, 0.15) is 4.88 Å². The number of thiophene rings is 1. The zero-order chi connectivity index (χ0) is 21.0. The molecule has 0 saturated heterocycles. The number of aryl methyl sites for hydroxylation is 2. The van der Waals surface area contributed by atoms with Gasteiger partial charge in [-0.1, -0.05) is 43.0 Å². The van der Waals surface area contributed by atoms with Crippen LogP contribution in [0.3, 0.4) is 0 Å². The van der Waals surface area contributed by atoms with Gasteiger partial charge in [0.15, 0.2) is 0 Å². The molecular weight excluding hydrogens is 391 g/mol. The second-order valence-electron chi connectivity index (χ2n) is 7.30. The number of halogens is 3. The van der Waals surface area contributed by atoms with Crippen molar-refractivity contribution in [3.63, 3.8) is 0 Å². The van der Waals surface area contributed by atoms with Crippen LogP contribution in [0.5, 0.6) is 0 Å². The lowest BCUT2D eigenvalue weighted by atomic mass is 9.90. The largest absolute Gasteiger partial charge is 0.426 e. The van der Waals surface area contributed by atoms with Crippen LogP contribution in [0.2, 0.25) is 0 Å². The third kappa shape index (κ3) is 5.02. The van der Waals surface area contributed by atoms with Gasteiger partial charge in [-0.25, -0.2) is 0 Å². The average Bonchev–Trinajstić information content (AvgIpc) is 3.08. The molecule has 1 N–H and O–H groups in total. The molecular formula is C24H26F3NS. The summed E-state index contributed by atoms with van der Waals surface area (Å²) >= 11 is 0.918. The quantitative estimate of drug-likeness (QED) is 0.489. The van der Waals surface area contributed by atoms with Crippen molar-refractivity contribution < 1.29 is 13.2 Å². The summed E-state index contributed by atoms with van der Waals surface area (Å²) in [5, 5.41) is 3.24. The fraction of sp³-hybridized carbons (Fsp3) is 0.333. The Bertz CT molecular complexity index is 948. The van der Waals surface area contributed by atoms with Crippen LogP contribution in [-0.2, 0) is 25.6 Å². The van der Waals surface area contributed by atoms with Crippen LogP contribution in [0, 0.1) is 6.92 Å². The van der Waals surface area contributed by atoms with Crippen molar-refractivity contribution in [1.82, 2.24) is 5.32 Å². The Hall–Kier alpha value is -2.27. The number of hydrogen-bond acceptors (Lipinski definition) is 2. The summed E-state index contributed by atoms with van der Waals surface area (Å²) in [7, 11) is 0. The van der Waals surface area contributed by atoms with Gasteiger partial charge in [0, 0.05) is 22.7 Å². The molecule has 0 saturated carbocycles. The molecule has 29 heavy (non-hydrogen) atoms. The van der Waals surface area contributed by atoms with Gasteiger partial charge in [-0.15, -0.1) is 11.3 Å². The smallest absolute Gasteiger partial charge is 0.381 e. The van der Waals surface area contributed by atoms with Crippen molar-refractivity contribution in [2.75, 3.05) is 0 Å². The first kappa shape index (κ1) is 21.4. The van der Waals surface area contributed by atoms with Crippen LogP contribution in [-0.4, -0.2) is 0 Å². The monoisotopic (exact) mass is 417 g/mol. The number of benzene rings is 1. The normalized spacial score (nSPS) is 14.9. The summed E-state index contributed by atoms with van der Waals surface area (Å²) in [4.78, 5) is 0.420. The molecule has 0 radical (unpaired) electrons. The number of fused-ring (bicyclic) bond motifs is 1. The minimum atomic E-state index is -4.33.